The van der Waals surface area contributed by atoms with Crippen molar-refractivity contribution in [2.75, 3.05) is 13.2 Å². The van der Waals surface area contributed by atoms with Crippen LogP contribution in [0.25, 0.3) is 0 Å². The molecule has 5 nitrogen and oxygen atoms in total. The highest BCUT2D eigenvalue weighted by Crippen LogP contribution is 2.25. The molecule has 0 saturated heterocycles. The molecule has 0 aromatic rings. The zero-order valence-electron chi connectivity index (χ0n) is 12.5. The SMILES string of the molecule is O[C@@H]1[C@@H](O)[C@@H](O)C(COC(F)F)=C[C@H]1NCC1CCCCC1. The highest BCUT2D eigenvalue weighted by atomic mass is 19.3. The van der Waals surface area contributed by atoms with Crippen molar-refractivity contribution in [3.63, 3.8) is 0 Å². The van der Waals surface area contributed by atoms with Gasteiger partial charge in [0, 0.05) is 0 Å². The van der Waals surface area contributed by atoms with E-state index in [2.05, 4.69) is 10.1 Å². The van der Waals surface area contributed by atoms with Crippen LogP contribution < -0.4 is 5.32 Å². The van der Waals surface area contributed by atoms with Gasteiger partial charge in [0.1, 0.15) is 18.3 Å². The number of hydrogen-bond acceptors (Lipinski definition) is 5. The Morgan fingerprint density at radius 1 is 1.14 bits per heavy atom. The number of rotatable bonds is 6. The lowest BCUT2D eigenvalue weighted by Crippen LogP contribution is -2.54. The molecule has 2 aliphatic carbocycles. The first-order chi connectivity index (χ1) is 10.5. The van der Waals surface area contributed by atoms with Crippen molar-refractivity contribution in [1.82, 2.24) is 5.32 Å². The summed E-state index contributed by atoms with van der Waals surface area (Å²) < 4.78 is 28.4. The van der Waals surface area contributed by atoms with Gasteiger partial charge in [-0.15, -0.1) is 0 Å². The van der Waals surface area contributed by atoms with Gasteiger partial charge in [-0.3, -0.25) is 0 Å². The summed E-state index contributed by atoms with van der Waals surface area (Å²) in [5.74, 6) is 0.527. The molecule has 0 radical (unpaired) electrons. The van der Waals surface area contributed by atoms with Gasteiger partial charge in [0.05, 0.1) is 12.6 Å². The van der Waals surface area contributed by atoms with Gasteiger partial charge in [-0.05, 0) is 30.9 Å². The van der Waals surface area contributed by atoms with Crippen LogP contribution in [0.2, 0.25) is 0 Å². The lowest BCUT2D eigenvalue weighted by molar-refractivity contribution is -0.129. The number of ether oxygens (including phenoxy) is 1. The van der Waals surface area contributed by atoms with Gasteiger partial charge in [-0.1, -0.05) is 25.3 Å². The van der Waals surface area contributed by atoms with E-state index in [9.17, 15) is 24.1 Å². The number of aliphatic hydroxyl groups excluding tert-OH is 3. The average Bonchev–Trinajstić information content (AvgIpc) is 2.52. The second-order valence-corrected chi connectivity index (χ2v) is 6.18. The predicted molar refractivity (Wildman–Crippen MR) is 76.4 cm³/mol. The maximum Gasteiger partial charge on any atom is 0.345 e. The Labute approximate surface area is 129 Å². The summed E-state index contributed by atoms with van der Waals surface area (Å²) >= 11 is 0. The van der Waals surface area contributed by atoms with Crippen LogP contribution in [0, 0.1) is 5.92 Å². The molecule has 0 heterocycles. The molecule has 128 valence electrons. The van der Waals surface area contributed by atoms with E-state index in [0.717, 1.165) is 12.8 Å². The van der Waals surface area contributed by atoms with Crippen molar-refractivity contribution in [1.29, 1.82) is 0 Å². The van der Waals surface area contributed by atoms with Gasteiger partial charge < -0.3 is 25.4 Å². The van der Waals surface area contributed by atoms with Crippen LogP contribution in [0.1, 0.15) is 32.1 Å². The van der Waals surface area contributed by atoms with Crippen LogP contribution in [0.15, 0.2) is 11.6 Å². The van der Waals surface area contributed by atoms with E-state index in [1.54, 1.807) is 0 Å². The van der Waals surface area contributed by atoms with Crippen molar-refractivity contribution in [3.05, 3.63) is 11.6 Å². The second-order valence-electron chi connectivity index (χ2n) is 6.18. The minimum absolute atomic E-state index is 0.166. The number of hydrogen-bond donors (Lipinski definition) is 4. The highest BCUT2D eigenvalue weighted by molar-refractivity contribution is 5.21. The van der Waals surface area contributed by atoms with Gasteiger partial charge >= 0.3 is 6.61 Å². The first-order valence-electron chi connectivity index (χ1n) is 7.87. The molecule has 2 aliphatic rings. The topological polar surface area (TPSA) is 82.0 Å². The molecule has 4 atom stereocenters. The summed E-state index contributed by atoms with van der Waals surface area (Å²) in [6, 6.07) is -0.573. The Morgan fingerprint density at radius 2 is 1.82 bits per heavy atom. The fourth-order valence-electron chi connectivity index (χ4n) is 3.21. The lowest BCUT2D eigenvalue weighted by Gasteiger charge is -2.36. The molecule has 4 N–H and O–H groups in total. The van der Waals surface area contributed by atoms with E-state index >= 15 is 0 Å². The fraction of sp³-hybridized carbons (Fsp3) is 0.867. The van der Waals surface area contributed by atoms with E-state index in [0.29, 0.717) is 12.5 Å². The van der Waals surface area contributed by atoms with Crippen molar-refractivity contribution in [2.45, 2.75) is 63.1 Å². The Kier molecular flexibility index (Phi) is 6.70. The standard InChI is InChI=1S/C15H25F2NO4/c16-15(17)22-8-10-6-11(13(20)14(21)12(10)19)18-7-9-4-2-1-3-5-9/h6,9,11-15,18-21H,1-5,7-8H2/t11-,12+,13+,14+/m1/s1. The molecule has 0 aromatic carbocycles. The third-order valence-electron chi connectivity index (χ3n) is 4.56. The molecule has 0 bridgehead atoms. The summed E-state index contributed by atoms with van der Waals surface area (Å²) in [5, 5.41) is 32.9. The van der Waals surface area contributed by atoms with E-state index < -0.39 is 37.6 Å². The van der Waals surface area contributed by atoms with Crippen LogP contribution in [0.3, 0.4) is 0 Å². The first kappa shape index (κ1) is 17.7. The maximum atomic E-state index is 12.1. The summed E-state index contributed by atoms with van der Waals surface area (Å²) in [4.78, 5) is 0. The third-order valence-corrected chi connectivity index (χ3v) is 4.56. The molecule has 0 spiro atoms. The number of halogens is 2. The Hall–Kier alpha value is -0.600. The zero-order valence-corrected chi connectivity index (χ0v) is 12.5. The average molecular weight is 321 g/mol. The maximum absolute atomic E-state index is 12.1. The third kappa shape index (κ3) is 4.70. The molecule has 0 amide bonds. The monoisotopic (exact) mass is 321 g/mol. The number of alkyl halides is 2. The highest BCUT2D eigenvalue weighted by Gasteiger charge is 2.37. The summed E-state index contributed by atoms with van der Waals surface area (Å²) in [5.41, 5.74) is 0.166. The lowest BCUT2D eigenvalue weighted by atomic mass is 9.86. The minimum atomic E-state index is -2.94. The molecule has 0 aliphatic heterocycles. The molecule has 0 unspecified atom stereocenters. The van der Waals surface area contributed by atoms with Crippen molar-refractivity contribution < 1.29 is 28.8 Å². The predicted octanol–water partition coefficient (Wildman–Crippen LogP) is 0.787. The van der Waals surface area contributed by atoms with Crippen LogP contribution in [-0.4, -0.2) is 59.4 Å². The van der Waals surface area contributed by atoms with Crippen LogP contribution in [-0.2, 0) is 4.74 Å². The van der Waals surface area contributed by atoms with E-state index in [4.69, 9.17) is 0 Å². The van der Waals surface area contributed by atoms with Gasteiger partial charge in [-0.2, -0.15) is 8.78 Å². The number of aliphatic hydroxyl groups is 3. The molecule has 2 rings (SSSR count). The van der Waals surface area contributed by atoms with Gasteiger partial charge in [0.15, 0.2) is 0 Å². The summed E-state index contributed by atoms with van der Waals surface area (Å²) in [6.07, 6.45) is 3.43. The first-order valence-corrected chi connectivity index (χ1v) is 7.87. The summed E-state index contributed by atoms with van der Waals surface area (Å²) in [6.45, 7) is -2.71. The Balaban J connectivity index is 1.94. The molecule has 1 saturated carbocycles. The molecule has 1 fully saturated rings. The minimum Gasteiger partial charge on any atom is -0.388 e. The number of nitrogens with one attached hydrogen (secondary N) is 1. The van der Waals surface area contributed by atoms with Crippen molar-refractivity contribution in [3.8, 4) is 0 Å². The van der Waals surface area contributed by atoms with Crippen LogP contribution in [0.4, 0.5) is 8.78 Å². The quantitative estimate of drug-likeness (QED) is 0.544. The summed E-state index contributed by atoms with van der Waals surface area (Å²) in [7, 11) is 0. The van der Waals surface area contributed by atoms with Gasteiger partial charge in [0.25, 0.3) is 0 Å². The van der Waals surface area contributed by atoms with E-state index in [1.807, 2.05) is 0 Å². The Bertz CT molecular complexity index is 375. The van der Waals surface area contributed by atoms with Gasteiger partial charge in [-0.25, -0.2) is 0 Å². The second kappa shape index (κ2) is 8.31. The molecule has 22 heavy (non-hydrogen) atoms. The largest absolute Gasteiger partial charge is 0.388 e. The molecule has 0 aromatic heterocycles. The normalized spacial score (nSPS) is 34.0. The zero-order chi connectivity index (χ0) is 16.1. The molecular formula is C15H25F2NO4. The van der Waals surface area contributed by atoms with Crippen molar-refractivity contribution in [2.24, 2.45) is 5.92 Å². The Morgan fingerprint density at radius 3 is 2.45 bits per heavy atom. The van der Waals surface area contributed by atoms with E-state index in [1.165, 1.54) is 25.3 Å². The van der Waals surface area contributed by atoms with Crippen LogP contribution >= 0.6 is 0 Å². The van der Waals surface area contributed by atoms with Crippen LogP contribution in [0.5, 0.6) is 0 Å². The molecular weight excluding hydrogens is 296 g/mol. The smallest absolute Gasteiger partial charge is 0.345 e. The van der Waals surface area contributed by atoms with E-state index in [-0.39, 0.29) is 5.57 Å². The van der Waals surface area contributed by atoms with Crippen molar-refractivity contribution >= 4 is 0 Å². The molecule has 7 heteroatoms. The fourth-order valence-corrected chi connectivity index (χ4v) is 3.21. The van der Waals surface area contributed by atoms with Gasteiger partial charge in [0.2, 0.25) is 0 Å².